The fraction of sp³-hybridized carbons (Fsp3) is 0.500. The Hall–Kier alpha value is -2.45. The second-order valence-electron chi connectivity index (χ2n) is 8.39. The van der Waals surface area contributed by atoms with Gasteiger partial charge in [-0.05, 0) is 32.9 Å². The average Bonchev–Trinajstić information content (AvgIpc) is 3.08. The van der Waals surface area contributed by atoms with Crippen LogP contribution in [0.1, 0.15) is 43.8 Å². The molecule has 1 aromatic heterocycles. The number of nitrogens with zero attached hydrogens (tertiary/aromatic N) is 2. The van der Waals surface area contributed by atoms with Crippen molar-refractivity contribution in [2.45, 2.75) is 58.7 Å². The summed E-state index contributed by atoms with van der Waals surface area (Å²) in [6.07, 6.45) is 0.635. The lowest BCUT2D eigenvalue weighted by Crippen LogP contribution is -2.47. The monoisotopic (exact) mass is 430 g/mol. The summed E-state index contributed by atoms with van der Waals surface area (Å²) in [5.41, 5.74) is 1.36. The summed E-state index contributed by atoms with van der Waals surface area (Å²) in [6, 6.07) is 8.82. The number of alkyl carbamates (subject to hydrolysis) is 1. The number of carbonyl (C=O) groups is 2. The normalized spacial score (nSPS) is 15.2. The molecule has 0 radical (unpaired) electrons. The van der Waals surface area contributed by atoms with E-state index in [0.717, 1.165) is 37.3 Å². The molecule has 2 amide bonds. The number of likely N-dealkylation sites (N-methyl/N-ethyl adjacent to an activating group) is 1. The third-order valence-electron chi connectivity index (χ3n) is 4.78. The number of aromatic nitrogens is 1. The molecule has 2 heterocycles. The summed E-state index contributed by atoms with van der Waals surface area (Å²) >= 11 is 1.51. The van der Waals surface area contributed by atoms with Gasteiger partial charge in [-0.25, -0.2) is 9.78 Å². The number of hydrogen-bond donors (Lipinski definition) is 2. The molecule has 7 nitrogen and oxygen atoms in total. The Bertz CT molecular complexity index is 876. The third-order valence-corrected chi connectivity index (χ3v) is 5.78. The van der Waals surface area contributed by atoms with Gasteiger partial charge in [0.25, 0.3) is 0 Å². The van der Waals surface area contributed by atoms with Crippen LogP contribution >= 0.6 is 11.3 Å². The molecule has 1 atom stereocenters. The van der Waals surface area contributed by atoms with E-state index in [0.29, 0.717) is 11.6 Å². The van der Waals surface area contributed by atoms with Crippen LogP contribution in [0, 0.1) is 0 Å². The van der Waals surface area contributed by atoms with Crippen LogP contribution in [-0.2, 0) is 28.9 Å². The Morgan fingerprint density at radius 3 is 2.67 bits per heavy atom. The zero-order valence-corrected chi connectivity index (χ0v) is 18.8. The van der Waals surface area contributed by atoms with Crippen molar-refractivity contribution in [3.05, 3.63) is 46.5 Å². The largest absolute Gasteiger partial charge is 0.444 e. The predicted octanol–water partition coefficient (Wildman–Crippen LogP) is 3.60. The maximum atomic E-state index is 13.0. The van der Waals surface area contributed by atoms with Gasteiger partial charge in [-0.15, -0.1) is 11.3 Å². The number of benzene rings is 1. The Labute approximate surface area is 181 Å². The molecule has 162 valence electrons. The van der Waals surface area contributed by atoms with E-state index in [-0.39, 0.29) is 5.91 Å². The number of nitrogens with one attached hydrogen (secondary N) is 2. The maximum Gasteiger partial charge on any atom is 0.408 e. The molecule has 0 saturated heterocycles. The van der Waals surface area contributed by atoms with E-state index in [2.05, 4.69) is 27.4 Å². The summed E-state index contributed by atoms with van der Waals surface area (Å²) in [7, 11) is 0. The number of rotatable bonds is 6. The fourth-order valence-electron chi connectivity index (χ4n) is 3.27. The fourth-order valence-corrected chi connectivity index (χ4v) is 4.33. The van der Waals surface area contributed by atoms with E-state index in [1.54, 1.807) is 20.8 Å². The highest BCUT2D eigenvalue weighted by Gasteiger charge is 2.26. The van der Waals surface area contributed by atoms with Crippen molar-refractivity contribution in [2.75, 3.05) is 18.4 Å². The molecule has 30 heavy (non-hydrogen) atoms. The van der Waals surface area contributed by atoms with E-state index >= 15 is 0 Å². The summed E-state index contributed by atoms with van der Waals surface area (Å²) in [6.45, 7) is 10.4. The van der Waals surface area contributed by atoms with Gasteiger partial charge in [0.15, 0.2) is 5.13 Å². The topological polar surface area (TPSA) is 83.6 Å². The zero-order valence-electron chi connectivity index (χ0n) is 18.0. The molecule has 8 heteroatoms. The van der Waals surface area contributed by atoms with Gasteiger partial charge in [0.1, 0.15) is 11.6 Å². The number of thiazole rings is 1. The lowest BCUT2D eigenvalue weighted by Gasteiger charge is -2.23. The predicted molar refractivity (Wildman–Crippen MR) is 119 cm³/mol. The van der Waals surface area contributed by atoms with Crippen LogP contribution in [-0.4, -0.2) is 46.6 Å². The second-order valence-corrected chi connectivity index (χ2v) is 9.47. The number of fused-ring (bicyclic) bond motifs is 1. The minimum Gasteiger partial charge on any atom is -0.444 e. The van der Waals surface area contributed by atoms with Crippen molar-refractivity contribution < 1.29 is 14.3 Å². The van der Waals surface area contributed by atoms with Crippen LogP contribution in [0.2, 0.25) is 0 Å². The first-order valence-electron chi connectivity index (χ1n) is 10.3. The van der Waals surface area contributed by atoms with E-state index in [1.165, 1.54) is 16.2 Å². The van der Waals surface area contributed by atoms with Crippen LogP contribution in [0.25, 0.3) is 0 Å². The molecule has 0 spiro atoms. The molecule has 0 fully saturated rings. The van der Waals surface area contributed by atoms with Crippen molar-refractivity contribution in [3.8, 4) is 0 Å². The number of carbonyl (C=O) groups excluding carboxylic acids is 2. The molecule has 0 saturated carbocycles. The standard InChI is InChI=1S/C22H30N4O3S/c1-5-26-12-11-16-18(14-26)30-20(23-16)25-19(27)17(13-15-9-7-6-8-10-15)24-21(28)29-22(2,3)4/h6-10,17H,5,11-14H2,1-4H3,(H,24,28)(H,23,25,27). The molecular formula is C22H30N4O3S. The number of anilines is 1. The molecule has 2 N–H and O–H groups in total. The molecule has 1 aromatic carbocycles. The minimum absolute atomic E-state index is 0.303. The molecule has 3 rings (SSSR count). The first-order valence-corrected chi connectivity index (χ1v) is 11.1. The Kier molecular flexibility index (Phi) is 7.10. The Morgan fingerprint density at radius 2 is 2.00 bits per heavy atom. The Balaban J connectivity index is 1.71. The number of ether oxygens (including phenoxy) is 1. The van der Waals surface area contributed by atoms with Crippen molar-refractivity contribution in [3.63, 3.8) is 0 Å². The summed E-state index contributed by atoms with van der Waals surface area (Å²) in [5, 5.41) is 6.19. The van der Waals surface area contributed by atoms with Gasteiger partial charge in [-0.1, -0.05) is 37.3 Å². The molecule has 1 unspecified atom stereocenters. The van der Waals surface area contributed by atoms with Gasteiger partial charge in [-0.3, -0.25) is 9.69 Å². The van der Waals surface area contributed by atoms with Crippen LogP contribution in [0.5, 0.6) is 0 Å². The van der Waals surface area contributed by atoms with Crippen molar-refractivity contribution in [2.24, 2.45) is 0 Å². The van der Waals surface area contributed by atoms with Crippen LogP contribution < -0.4 is 10.6 Å². The summed E-state index contributed by atoms with van der Waals surface area (Å²) in [5.74, 6) is -0.303. The van der Waals surface area contributed by atoms with Gasteiger partial charge in [0, 0.05) is 30.8 Å². The Morgan fingerprint density at radius 1 is 1.27 bits per heavy atom. The molecule has 0 aliphatic carbocycles. The van der Waals surface area contributed by atoms with Crippen LogP contribution in [0.4, 0.5) is 9.93 Å². The molecule has 2 aromatic rings. The lowest BCUT2D eigenvalue weighted by atomic mass is 10.1. The van der Waals surface area contributed by atoms with Gasteiger partial charge >= 0.3 is 6.09 Å². The van der Waals surface area contributed by atoms with Crippen molar-refractivity contribution in [1.29, 1.82) is 0 Å². The van der Waals surface area contributed by atoms with Crippen LogP contribution in [0.15, 0.2) is 30.3 Å². The van der Waals surface area contributed by atoms with E-state index in [4.69, 9.17) is 4.74 Å². The first kappa shape index (κ1) is 22.2. The SMILES string of the molecule is CCN1CCc2nc(NC(=O)C(Cc3ccccc3)NC(=O)OC(C)(C)C)sc2C1. The highest BCUT2D eigenvalue weighted by atomic mass is 32.1. The molecule has 1 aliphatic heterocycles. The van der Waals surface area contributed by atoms with Gasteiger partial charge in [0.2, 0.25) is 5.91 Å². The second kappa shape index (κ2) is 9.57. The first-order chi connectivity index (χ1) is 14.2. The van der Waals surface area contributed by atoms with Crippen molar-refractivity contribution in [1.82, 2.24) is 15.2 Å². The van der Waals surface area contributed by atoms with Crippen LogP contribution in [0.3, 0.4) is 0 Å². The van der Waals surface area contributed by atoms with Gasteiger partial charge in [0.05, 0.1) is 5.69 Å². The maximum absolute atomic E-state index is 13.0. The van der Waals surface area contributed by atoms with Crippen molar-refractivity contribution >= 4 is 28.5 Å². The summed E-state index contributed by atoms with van der Waals surface area (Å²) in [4.78, 5) is 33.5. The number of amides is 2. The highest BCUT2D eigenvalue weighted by Crippen LogP contribution is 2.28. The van der Waals surface area contributed by atoms with E-state index < -0.39 is 17.7 Å². The smallest absolute Gasteiger partial charge is 0.408 e. The average molecular weight is 431 g/mol. The summed E-state index contributed by atoms with van der Waals surface area (Å²) < 4.78 is 5.35. The highest BCUT2D eigenvalue weighted by molar-refractivity contribution is 7.15. The third kappa shape index (κ3) is 6.27. The lowest BCUT2D eigenvalue weighted by molar-refractivity contribution is -0.118. The molecule has 0 bridgehead atoms. The minimum atomic E-state index is -0.768. The number of hydrogen-bond acceptors (Lipinski definition) is 6. The van der Waals surface area contributed by atoms with E-state index in [1.807, 2.05) is 30.3 Å². The molecule has 1 aliphatic rings. The van der Waals surface area contributed by atoms with E-state index in [9.17, 15) is 9.59 Å². The molecular weight excluding hydrogens is 400 g/mol. The zero-order chi connectivity index (χ0) is 21.7. The quantitative estimate of drug-likeness (QED) is 0.732. The van der Waals surface area contributed by atoms with Gasteiger partial charge < -0.3 is 15.4 Å². The van der Waals surface area contributed by atoms with Gasteiger partial charge in [-0.2, -0.15) is 0 Å².